The van der Waals surface area contributed by atoms with Crippen LogP contribution >= 0.6 is 11.6 Å². The minimum absolute atomic E-state index is 0.379. The normalized spacial score (nSPS) is 17.5. The number of carbonyl (C=O) groups is 1. The van der Waals surface area contributed by atoms with E-state index in [1.54, 1.807) is 6.92 Å². The van der Waals surface area contributed by atoms with Gasteiger partial charge in [0.2, 0.25) is 5.91 Å². The Morgan fingerprint density at radius 3 is 2.54 bits per heavy atom. The lowest BCUT2D eigenvalue weighted by Gasteiger charge is -2.31. The first-order valence-corrected chi connectivity index (χ1v) is 8.96. The molecule has 1 fully saturated rings. The molecular formula is C19H28ClN3O. The van der Waals surface area contributed by atoms with Gasteiger partial charge in [-0.3, -0.25) is 4.79 Å². The third kappa shape index (κ3) is 4.31. The van der Waals surface area contributed by atoms with Crippen molar-refractivity contribution in [1.29, 1.82) is 0 Å². The lowest BCUT2D eigenvalue weighted by Crippen LogP contribution is -2.36. The van der Waals surface area contributed by atoms with Gasteiger partial charge in [-0.2, -0.15) is 0 Å². The summed E-state index contributed by atoms with van der Waals surface area (Å²) in [5, 5.41) is 4.32. The lowest BCUT2D eigenvalue weighted by molar-refractivity contribution is -0.114. The largest absolute Gasteiger partial charge is 0.382 e. The van der Waals surface area contributed by atoms with E-state index in [9.17, 15) is 4.79 Å². The molecule has 132 valence electrons. The van der Waals surface area contributed by atoms with E-state index < -0.39 is 0 Å². The van der Waals surface area contributed by atoms with Gasteiger partial charge < -0.3 is 16.0 Å². The zero-order valence-corrected chi connectivity index (χ0v) is 15.8. The monoisotopic (exact) mass is 349 g/mol. The number of primary amides is 1. The average molecular weight is 350 g/mol. The molecule has 0 aliphatic carbocycles. The van der Waals surface area contributed by atoms with E-state index in [0.29, 0.717) is 16.6 Å². The summed E-state index contributed by atoms with van der Waals surface area (Å²) in [4.78, 5) is 14.0. The Hall–Kier alpha value is -1.52. The summed E-state index contributed by atoms with van der Waals surface area (Å²) >= 11 is 6.36. The van der Waals surface area contributed by atoms with Gasteiger partial charge in [-0.15, -0.1) is 0 Å². The number of likely N-dealkylation sites (tertiary alicyclic amines) is 1. The van der Waals surface area contributed by atoms with E-state index in [0.717, 1.165) is 54.7 Å². The molecule has 1 saturated heterocycles. The number of nitrogens with one attached hydrogen (secondary N) is 1. The summed E-state index contributed by atoms with van der Waals surface area (Å²) in [5.74, 6) is -0.379. The van der Waals surface area contributed by atoms with Crippen molar-refractivity contribution in [3.05, 3.63) is 33.9 Å². The maximum Gasteiger partial charge on any atom is 0.244 e. The molecule has 1 aromatic carbocycles. The molecule has 1 amide bonds. The fourth-order valence-electron chi connectivity index (χ4n) is 3.32. The first-order chi connectivity index (χ1) is 11.3. The molecule has 2 rings (SSSR count). The fourth-order valence-corrected chi connectivity index (χ4v) is 3.54. The van der Waals surface area contributed by atoms with E-state index in [4.69, 9.17) is 17.3 Å². The van der Waals surface area contributed by atoms with Gasteiger partial charge in [-0.1, -0.05) is 18.5 Å². The first-order valence-electron chi connectivity index (χ1n) is 8.58. The number of nitrogens with two attached hydrogens (primary N) is 1. The molecule has 5 heteroatoms. The number of piperidine rings is 1. The summed E-state index contributed by atoms with van der Waals surface area (Å²) in [6.07, 6.45) is 2.98. The van der Waals surface area contributed by atoms with Crippen molar-refractivity contribution in [3.63, 3.8) is 0 Å². The molecule has 0 radical (unpaired) electrons. The van der Waals surface area contributed by atoms with Crippen molar-refractivity contribution in [1.82, 2.24) is 4.90 Å². The van der Waals surface area contributed by atoms with Crippen molar-refractivity contribution in [3.8, 4) is 0 Å². The molecule has 0 atom stereocenters. The number of carbonyl (C=O) groups excluding carboxylic acids is 1. The van der Waals surface area contributed by atoms with Crippen LogP contribution in [0.3, 0.4) is 0 Å². The number of nitrogens with zero attached hydrogens (tertiary/aromatic N) is 1. The maximum atomic E-state index is 11.6. The quantitative estimate of drug-likeness (QED) is 0.794. The zero-order chi connectivity index (χ0) is 17.9. The molecule has 0 unspecified atom stereocenters. The van der Waals surface area contributed by atoms with Crippen LogP contribution < -0.4 is 11.1 Å². The molecule has 24 heavy (non-hydrogen) atoms. The Morgan fingerprint density at radius 2 is 2.00 bits per heavy atom. The minimum Gasteiger partial charge on any atom is -0.382 e. The second-order valence-electron chi connectivity index (χ2n) is 6.67. The molecule has 3 N–H and O–H groups in total. The molecule has 0 aromatic heterocycles. The highest BCUT2D eigenvalue weighted by Crippen LogP contribution is 2.33. The van der Waals surface area contributed by atoms with E-state index in [-0.39, 0.29) is 5.91 Å². The van der Waals surface area contributed by atoms with Gasteiger partial charge in [0.05, 0.1) is 0 Å². The minimum atomic E-state index is -0.379. The van der Waals surface area contributed by atoms with E-state index in [1.807, 2.05) is 19.1 Å². The van der Waals surface area contributed by atoms with Crippen LogP contribution in [0.5, 0.6) is 0 Å². The second kappa shape index (κ2) is 8.04. The van der Waals surface area contributed by atoms with Crippen molar-refractivity contribution in [2.45, 2.75) is 46.1 Å². The molecule has 1 aliphatic rings. The Kier molecular flexibility index (Phi) is 6.30. The summed E-state index contributed by atoms with van der Waals surface area (Å²) in [5.41, 5.74) is 10.2. The molecule has 0 bridgehead atoms. The summed E-state index contributed by atoms with van der Waals surface area (Å²) in [7, 11) is 2.16. The number of anilines is 1. The highest BCUT2D eigenvalue weighted by molar-refractivity contribution is 6.31. The molecule has 0 saturated carbocycles. The number of halogens is 1. The molecule has 1 aromatic rings. The lowest BCUT2D eigenvalue weighted by atomic mass is 9.93. The zero-order valence-electron chi connectivity index (χ0n) is 15.1. The fraction of sp³-hybridized carbons (Fsp3) is 0.526. The molecule has 4 nitrogen and oxygen atoms in total. The van der Waals surface area contributed by atoms with E-state index in [2.05, 4.69) is 24.2 Å². The average Bonchev–Trinajstić information content (AvgIpc) is 2.54. The number of amides is 1. The van der Waals surface area contributed by atoms with Crippen molar-refractivity contribution < 1.29 is 4.79 Å². The van der Waals surface area contributed by atoms with Gasteiger partial charge in [0.25, 0.3) is 0 Å². The second-order valence-corrected chi connectivity index (χ2v) is 7.11. The molecule has 1 aliphatic heterocycles. The van der Waals surface area contributed by atoms with Crippen molar-refractivity contribution in [2.75, 3.05) is 25.5 Å². The van der Waals surface area contributed by atoms with Crippen LogP contribution in [0.25, 0.3) is 5.57 Å². The predicted molar refractivity (Wildman–Crippen MR) is 102 cm³/mol. The number of allylic oxidation sites excluding steroid dienone is 1. The van der Waals surface area contributed by atoms with Gasteiger partial charge in [0.15, 0.2) is 0 Å². The Labute approximate surface area is 150 Å². The Bertz CT molecular complexity index is 646. The van der Waals surface area contributed by atoms with Gasteiger partial charge in [-0.25, -0.2) is 0 Å². The standard InChI is InChI=1S/C19H28ClN3O/c1-5-16(13(3)19(21)24)17-10-14(20)11-18(12(17)2)22-15-6-8-23(4)9-7-15/h10-11,15,22H,5-9H2,1-4H3,(H2,21,24)/b16-13+. The van der Waals surface area contributed by atoms with Gasteiger partial charge in [0.1, 0.15) is 0 Å². The predicted octanol–water partition coefficient (Wildman–Crippen LogP) is 3.82. The third-order valence-electron chi connectivity index (χ3n) is 4.95. The molecular weight excluding hydrogens is 322 g/mol. The van der Waals surface area contributed by atoms with E-state index >= 15 is 0 Å². The van der Waals surface area contributed by atoms with E-state index in [1.165, 1.54) is 0 Å². The highest BCUT2D eigenvalue weighted by atomic mass is 35.5. The topological polar surface area (TPSA) is 58.4 Å². The summed E-state index contributed by atoms with van der Waals surface area (Å²) < 4.78 is 0. The Morgan fingerprint density at radius 1 is 1.38 bits per heavy atom. The van der Waals surface area contributed by atoms with Crippen molar-refractivity contribution in [2.24, 2.45) is 5.73 Å². The molecule has 1 heterocycles. The van der Waals surface area contributed by atoms with Gasteiger partial charge >= 0.3 is 0 Å². The van der Waals surface area contributed by atoms with Gasteiger partial charge in [-0.05, 0) is 82.1 Å². The maximum absolute atomic E-state index is 11.6. The third-order valence-corrected chi connectivity index (χ3v) is 5.17. The van der Waals surface area contributed by atoms with Crippen LogP contribution in [0.4, 0.5) is 5.69 Å². The van der Waals surface area contributed by atoms with Gasteiger partial charge in [0, 0.05) is 22.3 Å². The molecule has 0 spiro atoms. The number of rotatable bonds is 5. The van der Waals surface area contributed by atoms with Crippen molar-refractivity contribution >= 4 is 28.8 Å². The Balaban J connectivity index is 2.36. The number of hydrogen-bond acceptors (Lipinski definition) is 3. The number of hydrogen-bond donors (Lipinski definition) is 2. The van der Waals surface area contributed by atoms with Crippen LogP contribution in [0, 0.1) is 6.92 Å². The highest BCUT2D eigenvalue weighted by Gasteiger charge is 2.19. The number of benzene rings is 1. The first kappa shape index (κ1) is 18.8. The van der Waals surface area contributed by atoms with Crippen LogP contribution in [0.2, 0.25) is 5.02 Å². The van der Waals surface area contributed by atoms with Crippen LogP contribution in [0.15, 0.2) is 17.7 Å². The van der Waals surface area contributed by atoms with Crippen LogP contribution in [-0.2, 0) is 4.79 Å². The van der Waals surface area contributed by atoms with Crippen LogP contribution in [0.1, 0.15) is 44.2 Å². The summed E-state index contributed by atoms with van der Waals surface area (Å²) in [6, 6.07) is 4.37. The SMILES string of the molecule is CC/C(=C(/C)C(N)=O)c1cc(Cl)cc(NC2CCN(C)CC2)c1C. The summed E-state index contributed by atoms with van der Waals surface area (Å²) in [6.45, 7) is 8.10. The smallest absolute Gasteiger partial charge is 0.244 e. The van der Waals surface area contributed by atoms with Crippen LogP contribution in [-0.4, -0.2) is 37.0 Å².